The van der Waals surface area contributed by atoms with Gasteiger partial charge in [-0.3, -0.25) is 14.0 Å². The van der Waals surface area contributed by atoms with Gasteiger partial charge >= 0.3 is 0 Å². The van der Waals surface area contributed by atoms with Crippen LogP contribution in [0.2, 0.25) is 0 Å². The minimum absolute atomic E-state index is 0.0810. The largest absolute Gasteiger partial charge is 0.330 e. The zero-order valence-corrected chi connectivity index (χ0v) is 11.8. The quantitative estimate of drug-likeness (QED) is 0.770. The highest BCUT2D eigenvalue weighted by molar-refractivity contribution is 5.72. The van der Waals surface area contributed by atoms with Crippen molar-refractivity contribution in [2.24, 2.45) is 12.8 Å². The molecule has 0 bridgehead atoms. The second-order valence-corrected chi connectivity index (χ2v) is 5.05. The summed E-state index contributed by atoms with van der Waals surface area (Å²) in [6, 6.07) is 9.97. The molecule has 2 aromatic heterocycles. The summed E-state index contributed by atoms with van der Waals surface area (Å²) in [5.74, 6) is 0.0832. The minimum Gasteiger partial charge on any atom is -0.330 e. The molecule has 0 aliphatic rings. The molecule has 3 aromatic rings. The Kier molecular flexibility index (Phi) is 3.53. The normalized spacial score (nSPS) is 12.7. The fourth-order valence-corrected chi connectivity index (χ4v) is 2.48. The Labute approximate surface area is 121 Å². The zero-order valence-electron chi connectivity index (χ0n) is 11.8. The van der Waals surface area contributed by atoms with Crippen molar-refractivity contribution in [1.82, 2.24) is 19.3 Å². The van der Waals surface area contributed by atoms with Gasteiger partial charge < -0.3 is 5.73 Å². The Morgan fingerprint density at radius 1 is 1.29 bits per heavy atom. The fourth-order valence-electron chi connectivity index (χ4n) is 2.48. The average molecular weight is 283 g/mol. The molecular formula is C15H17N5O. The minimum atomic E-state index is -0.0810. The molecule has 0 saturated carbocycles. The third-order valence-corrected chi connectivity index (χ3v) is 3.69. The van der Waals surface area contributed by atoms with E-state index in [4.69, 9.17) is 5.73 Å². The van der Waals surface area contributed by atoms with Gasteiger partial charge in [-0.25, -0.2) is 4.98 Å². The van der Waals surface area contributed by atoms with Crippen LogP contribution in [0.3, 0.4) is 0 Å². The summed E-state index contributed by atoms with van der Waals surface area (Å²) in [7, 11) is 1.77. The van der Waals surface area contributed by atoms with E-state index in [1.165, 1.54) is 0 Å². The summed E-state index contributed by atoms with van der Waals surface area (Å²) in [6.45, 7) is 0.985. The van der Waals surface area contributed by atoms with Crippen LogP contribution < -0.4 is 11.3 Å². The summed E-state index contributed by atoms with van der Waals surface area (Å²) >= 11 is 0. The van der Waals surface area contributed by atoms with Gasteiger partial charge in [-0.2, -0.15) is 5.10 Å². The number of nitrogens with zero attached hydrogens (tertiary/aromatic N) is 4. The van der Waals surface area contributed by atoms with Gasteiger partial charge in [-0.15, -0.1) is 0 Å². The van der Waals surface area contributed by atoms with Gasteiger partial charge in [0.15, 0.2) is 5.65 Å². The molecule has 1 aromatic carbocycles. The van der Waals surface area contributed by atoms with Gasteiger partial charge in [0.25, 0.3) is 5.56 Å². The maximum Gasteiger partial charge on any atom is 0.264 e. The number of fused-ring (bicyclic) bond motifs is 1. The second-order valence-electron chi connectivity index (χ2n) is 5.05. The van der Waals surface area contributed by atoms with E-state index in [-0.39, 0.29) is 11.5 Å². The number of hydrogen-bond acceptors (Lipinski definition) is 4. The summed E-state index contributed by atoms with van der Waals surface area (Å²) in [5, 5.41) is 4.60. The van der Waals surface area contributed by atoms with Gasteiger partial charge in [0.2, 0.25) is 0 Å². The van der Waals surface area contributed by atoms with E-state index < -0.39 is 0 Å². The molecule has 0 radical (unpaired) electrons. The van der Waals surface area contributed by atoms with E-state index in [1.807, 2.05) is 30.3 Å². The maximum atomic E-state index is 12.5. The lowest BCUT2D eigenvalue weighted by Gasteiger charge is -2.16. The van der Waals surface area contributed by atoms with Crippen LogP contribution in [-0.4, -0.2) is 25.9 Å². The standard InChI is InChI=1S/C15H17N5O/c1-19-14-13(8-18-19)15(21)20(10-17-14)9-12(7-16)11-5-3-2-4-6-11/h2-6,8,10,12H,7,9,16H2,1H3. The Morgan fingerprint density at radius 2 is 2.05 bits per heavy atom. The van der Waals surface area contributed by atoms with Gasteiger partial charge in [-0.05, 0) is 5.56 Å². The number of hydrogen-bond donors (Lipinski definition) is 1. The van der Waals surface area contributed by atoms with Gasteiger partial charge in [0, 0.05) is 26.1 Å². The summed E-state index contributed by atoms with van der Waals surface area (Å²) in [5.41, 5.74) is 7.51. The smallest absolute Gasteiger partial charge is 0.264 e. The molecule has 6 nitrogen and oxygen atoms in total. The topological polar surface area (TPSA) is 78.7 Å². The first-order valence-electron chi connectivity index (χ1n) is 6.83. The van der Waals surface area contributed by atoms with Crippen LogP contribution in [0.4, 0.5) is 0 Å². The monoisotopic (exact) mass is 283 g/mol. The van der Waals surface area contributed by atoms with Crippen molar-refractivity contribution in [2.45, 2.75) is 12.5 Å². The molecule has 2 heterocycles. The van der Waals surface area contributed by atoms with Crippen LogP contribution >= 0.6 is 0 Å². The highest BCUT2D eigenvalue weighted by Crippen LogP contribution is 2.16. The van der Waals surface area contributed by atoms with E-state index >= 15 is 0 Å². The first-order chi connectivity index (χ1) is 10.2. The maximum absolute atomic E-state index is 12.5. The number of rotatable bonds is 4. The van der Waals surface area contributed by atoms with Crippen LogP contribution in [0, 0.1) is 0 Å². The Hall–Kier alpha value is -2.47. The van der Waals surface area contributed by atoms with Crippen molar-refractivity contribution in [3.05, 3.63) is 58.8 Å². The Bertz CT molecular complexity index is 806. The van der Waals surface area contributed by atoms with Crippen LogP contribution in [0.5, 0.6) is 0 Å². The fraction of sp³-hybridized carbons (Fsp3) is 0.267. The van der Waals surface area contributed by atoms with Crippen LogP contribution in [-0.2, 0) is 13.6 Å². The molecule has 21 heavy (non-hydrogen) atoms. The highest BCUT2D eigenvalue weighted by atomic mass is 16.1. The van der Waals surface area contributed by atoms with E-state index in [1.54, 1.807) is 28.8 Å². The van der Waals surface area contributed by atoms with Crippen molar-refractivity contribution in [3.63, 3.8) is 0 Å². The molecule has 2 N–H and O–H groups in total. The molecule has 0 amide bonds. The van der Waals surface area contributed by atoms with E-state index in [0.29, 0.717) is 24.1 Å². The van der Waals surface area contributed by atoms with Crippen molar-refractivity contribution >= 4 is 11.0 Å². The third kappa shape index (κ3) is 2.45. The van der Waals surface area contributed by atoms with Crippen molar-refractivity contribution in [2.75, 3.05) is 6.54 Å². The number of benzene rings is 1. The van der Waals surface area contributed by atoms with Crippen LogP contribution in [0.15, 0.2) is 47.7 Å². The lowest BCUT2D eigenvalue weighted by Crippen LogP contribution is -2.26. The Balaban J connectivity index is 1.97. The average Bonchev–Trinajstić information content (AvgIpc) is 2.90. The predicted octanol–water partition coefficient (Wildman–Crippen LogP) is 0.872. The molecular weight excluding hydrogens is 266 g/mol. The first-order valence-corrected chi connectivity index (χ1v) is 6.83. The van der Waals surface area contributed by atoms with Gasteiger partial charge in [0.05, 0.1) is 12.5 Å². The molecule has 0 spiro atoms. The highest BCUT2D eigenvalue weighted by Gasteiger charge is 2.13. The van der Waals surface area contributed by atoms with Crippen molar-refractivity contribution < 1.29 is 0 Å². The molecule has 108 valence electrons. The predicted molar refractivity (Wildman–Crippen MR) is 81.0 cm³/mol. The molecule has 3 rings (SSSR count). The van der Waals surface area contributed by atoms with E-state index in [0.717, 1.165) is 5.56 Å². The van der Waals surface area contributed by atoms with Crippen LogP contribution in [0.25, 0.3) is 11.0 Å². The second kappa shape index (κ2) is 5.49. The van der Waals surface area contributed by atoms with E-state index in [2.05, 4.69) is 10.1 Å². The Morgan fingerprint density at radius 3 is 2.76 bits per heavy atom. The molecule has 1 unspecified atom stereocenters. The third-order valence-electron chi connectivity index (χ3n) is 3.69. The summed E-state index contributed by atoms with van der Waals surface area (Å²) in [4.78, 5) is 16.8. The van der Waals surface area contributed by atoms with Crippen LogP contribution in [0.1, 0.15) is 11.5 Å². The number of aryl methyl sites for hydroxylation is 1. The molecule has 0 aliphatic carbocycles. The SMILES string of the molecule is Cn1ncc2c(=O)n(CC(CN)c3ccccc3)cnc21. The molecule has 0 saturated heterocycles. The van der Waals surface area contributed by atoms with Crippen molar-refractivity contribution in [3.8, 4) is 0 Å². The number of aromatic nitrogens is 4. The first kappa shape index (κ1) is 13.5. The van der Waals surface area contributed by atoms with Gasteiger partial charge in [-0.1, -0.05) is 30.3 Å². The molecule has 6 heteroatoms. The summed E-state index contributed by atoms with van der Waals surface area (Å²) in [6.07, 6.45) is 3.12. The van der Waals surface area contributed by atoms with Gasteiger partial charge in [0.1, 0.15) is 5.39 Å². The molecule has 1 atom stereocenters. The van der Waals surface area contributed by atoms with Crippen molar-refractivity contribution in [1.29, 1.82) is 0 Å². The molecule has 0 aliphatic heterocycles. The van der Waals surface area contributed by atoms with E-state index in [9.17, 15) is 4.79 Å². The zero-order chi connectivity index (χ0) is 14.8. The number of nitrogens with two attached hydrogens (primary N) is 1. The lowest BCUT2D eigenvalue weighted by atomic mass is 9.99. The lowest BCUT2D eigenvalue weighted by molar-refractivity contribution is 0.549. The molecule has 0 fully saturated rings. The summed E-state index contributed by atoms with van der Waals surface area (Å²) < 4.78 is 3.20.